The van der Waals surface area contributed by atoms with Gasteiger partial charge in [0.2, 0.25) is 0 Å². The quantitative estimate of drug-likeness (QED) is 0.609. The maximum Gasteiger partial charge on any atom is 0.410 e. The van der Waals surface area contributed by atoms with Crippen LogP contribution in [0, 0.1) is 10.1 Å². The summed E-state index contributed by atoms with van der Waals surface area (Å²) in [4.78, 5) is 23.3. The maximum absolute atomic E-state index is 11.6. The molecule has 0 N–H and O–H groups in total. The number of carbonyl (C=O) groups is 1. The highest BCUT2D eigenvalue weighted by Gasteiger charge is 2.18. The lowest BCUT2D eigenvalue weighted by Gasteiger charge is -2.14. The molecule has 0 radical (unpaired) electrons. The second-order valence-electron chi connectivity index (χ2n) is 4.17. The molecule has 1 aromatic rings. The fourth-order valence-corrected chi connectivity index (χ4v) is 1.85. The molecule has 1 fully saturated rings. The minimum atomic E-state index is -0.458. The summed E-state index contributed by atoms with van der Waals surface area (Å²) in [7, 11) is 0. The van der Waals surface area contributed by atoms with Gasteiger partial charge in [-0.25, -0.2) is 4.79 Å². The first kappa shape index (κ1) is 12.3. The monoisotopic (exact) mass is 250 g/mol. The summed E-state index contributed by atoms with van der Waals surface area (Å²) in [6.45, 7) is 1.64. The van der Waals surface area contributed by atoms with Crippen molar-refractivity contribution < 1.29 is 14.5 Å². The van der Waals surface area contributed by atoms with Gasteiger partial charge in [-0.2, -0.15) is 0 Å². The molecular weight excluding hydrogens is 236 g/mol. The Balaban J connectivity index is 1.86. The molecule has 0 unspecified atom stereocenters. The largest absolute Gasteiger partial charge is 0.445 e. The number of rotatable bonds is 3. The average Bonchev–Trinajstić information content (AvgIpc) is 2.90. The topological polar surface area (TPSA) is 72.7 Å². The van der Waals surface area contributed by atoms with Gasteiger partial charge in [-0.1, -0.05) is 0 Å². The number of nitro groups is 1. The summed E-state index contributed by atoms with van der Waals surface area (Å²) in [5.41, 5.74) is 0.776. The van der Waals surface area contributed by atoms with Crippen LogP contribution in [-0.2, 0) is 11.3 Å². The number of amides is 1. The fourth-order valence-electron chi connectivity index (χ4n) is 1.85. The number of carbonyl (C=O) groups excluding carboxylic acids is 1. The Morgan fingerprint density at radius 1 is 1.28 bits per heavy atom. The van der Waals surface area contributed by atoms with Gasteiger partial charge in [-0.05, 0) is 30.5 Å². The number of nitro benzene ring substituents is 1. The van der Waals surface area contributed by atoms with E-state index in [1.54, 1.807) is 17.0 Å². The van der Waals surface area contributed by atoms with Crippen molar-refractivity contribution in [1.29, 1.82) is 0 Å². The summed E-state index contributed by atoms with van der Waals surface area (Å²) >= 11 is 0. The minimum Gasteiger partial charge on any atom is -0.445 e. The highest BCUT2D eigenvalue weighted by molar-refractivity contribution is 5.67. The lowest BCUT2D eigenvalue weighted by Crippen LogP contribution is -2.28. The number of hydrogen-bond donors (Lipinski definition) is 0. The Hall–Kier alpha value is -2.11. The maximum atomic E-state index is 11.6. The first-order valence-electron chi connectivity index (χ1n) is 5.82. The van der Waals surface area contributed by atoms with Crippen LogP contribution >= 0.6 is 0 Å². The number of benzene rings is 1. The molecule has 1 aliphatic heterocycles. The van der Waals surface area contributed by atoms with E-state index in [9.17, 15) is 14.9 Å². The molecular formula is C12H14N2O4. The van der Waals surface area contributed by atoms with Crippen molar-refractivity contribution in [3.8, 4) is 0 Å². The summed E-state index contributed by atoms with van der Waals surface area (Å²) in [5, 5.41) is 10.5. The van der Waals surface area contributed by atoms with Crippen LogP contribution in [0.5, 0.6) is 0 Å². The number of hydrogen-bond acceptors (Lipinski definition) is 4. The van der Waals surface area contributed by atoms with E-state index in [-0.39, 0.29) is 18.4 Å². The predicted molar refractivity (Wildman–Crippen MR) is 64.1 cm³/mol. The molecule has 0 spiro atoms. The second kappa shape index (κ2) is 5.48. The van der Waals surface area contributed by atoms with Gasteiger partial charge < -0.3 is 9.64 Å². The molecule has 1 aliphatic rings. The highest BCUT2D eigenvalue weighted by atomic mass is 16.6. The standard InChI is InChI=1S/C12H14N2O4/c15-12(13-7-1-2-8-13)18-9-10-3-5-11(6-4-10)14(16)17/h3-6H,1-2,7-9H2. The zero-order chi connectivity index (χ0) is 13.0. The van der Waals surface area contributed by atoms with Gasteiger partial charge in [0, 0.05) is 25.2 Å². The summed E-state index contributed by atoms with van der Waals surface area (Å²) in [5.74, 6) is 0. The van der Waals surface area contributed by atoms with Gasteiger partial charge in [-0.15, -0.1) is 0 Å². The van der Waals surface area contributed by atoms with E-state index in [1.165, 1.54) is 12.1 Å². The van der Waals surface area contributed by atoms with Crippen LogP contribution < -0.4 is 0 Å². The lowest BCUT2D eigenvalue weighted by molar-refractivity contribution is -0.384. The van der Waals surface area contributed by atoms with Crippen LogP contribution in [0.2, 0.25) is 0 Å². The Kier molecular flexibility index (Phi) is 3.76. The van der Waals surface area contributed by atoms with Crippen LogP contribution in [0.25, 0.3) is 0 Å². The first-order chi connectivity index (χ1) is 8.66. The molecule has 1 saturated heterocycles. The lowest BCUT2D eigenvalue weighted by atomic mass is 10.2. The first-order valence-corrected chi connectivity index (χ1v) is 5.82. The number of non-ortho nitro benzene ring substituents is 1. The molecule has 1 aromatic carbocycles. The molecule has 6 nitrogen and oxygen atoms in total. The van der Waals surface area contributed by atoms with Gasteiger partial charge in [-0.3, -0.25) is 10.1 Å². The van der Waals surface area contributed by atoms with Crippen molar-refractivity contribution in [2.24, 2.45) is 0 Å². The third-order valence-electron chi connectivity index (χ3n) is 2.87. The third kappa shape index (κ3) is 2.97. The highest BCUT2D eigenvalue weighted by Crippen LogP contribution is 2.14. The van der Waals surface area contributed by atoms with Crippen molar-refractivity contribution in [2.45, 2.75) is 19.4 Å². The molecule has 0 aromatic heterocycles. The number of nitrogens with zero attached hydrogens (tertiary/aromatic N) is 2. The smallest absolute Gasteiger partial charge is 0.410 e. The minimum absolute atomic E-state index is 0.0321. The molecule has 1 heterocycles. The molecule has 0 aliphatic carbocycles. The van der Waals surface area contributed by atoms with E-state index in [4.69, 9.17) is 4.74 Å². The molecule has 0 bridgehead atoms. The Bertz CT molecular complexity index is 438. The molecule has 0 atom stereocenters. The van der Waals surface area contributed by atoms with Crippen molar-refractivity contribution in [1.82, 2.24) is 4.90 Å². The normalized spacial score (nSPS) is 14.6. The molecule has 6 heteroatoms. The van der Waals surface area contributed by atoms with E-state index >= 15 is 0 Å². The van der Waals surface area contributed by atoms with E-state index < -0.39 is 4.92 Å². The molecule has 1 amide bonds. The van der Waals surface area contributed by atoms with Crippen LogP contribution in [0.4, 0.5) is 10.5 Å². The molecule has 18 heavy (non-hydrogen) atoms. The molecule has 2 rings (SSSR count). The van der Waals surface area contributed by atoms with E-state index in [0.29, 0.717) is 0 Å². The van der Waals surface area contributed by atoms with E-state index in [0.717, 1.165) is 31.5 Å². The van der Waals surface area contributed by atoms with Gasteiger partial charge in [0.25, 0.3) is 5.69 Å². The predicted octanol–water partition coefficient (Wildman–Crippen LogP) is 2.33. The van der Waals surface area contributed by atoms with E-state index in [2.05, 4.69) is 0 Å². The van der Waals surface area contributed by atoms with Crippen molar-refractivity contribution in [3.05, 3.63) is 39.9 Å². The molecule has 0 saturated carbocycles. The Morgan fingerprint density at radius 2 is 1.89 bits per heavy atom. The Morgan fingerprint density at radius 3 is 2.44 bits per heavy atom. The number of likely N-dealkylation sites (tertiary alicyclic amines) is 1. The second-order valence-corrected chi connectivity index (χ2v) is 4.17. The van der Waals surface area contributed by atoms with Crippen LogP contribution in [0.1, 0.15) is 18.4 Å². The summed E-state index contributed by atoms with van der Waals surface area (Å²) in [6.07, 6.45) is 1.73. The summed E-state index contributed by atoms with van der Waals surface area (Å²) in [6, 6.07) is 5.99. The Labute approximate surface area is 104 Å². The van der Waals surface area contributed by atoms with Crippen molar-refractivity contribution in [2.75, 3.05) is 13.1 Å². The van der Waals surface area contributed by atoms with Gasteiger partial charge in [0.05, 0.1) is 4.92 Å². The number of ether oxygens (including phenoxy) is 1. The van der Waals surface area contributed by atoms with Gasteiger partial charge in [0.1, 0.15) is 6.61 Å². The zero-order valence-electron chi connectivity index (χ0n) is 9.87. The third-order valence-corrected chi connectivity index (χ3v) is 2.87. The zero-order valence-corrected chi connectivity index (χ0v) is 9.87. The van der Waals surface area contributed by atoms with E-state index in [1.807, 2.05) is 0 Å². The fraction of sp³-hybridized carbons (Fsp3) is 0.417. The average molecular weight is 250 g/mol. The van der Waals surface area contributed by atoms with Gasteiger partial charge in [0.15, 0.2) is 0 Å². The SMILES string of the molecule is O=C(OCc1ccc([N+](=O)[O-])cc1)N1CCCC1. The van der Waals surface area contributed by atoms with Crippen molar-refractivity contribution in [3.63, 3.8) is 0 Å². The summed E-state index contributed by atoms with van der Waals surface area (Å²) < 4.78 is 5.13. The van der Waals surface area contributed by atoms with Crippen LogP contribution in [0.3, 0.4) is 0 Å². The van der Waals surface area contributed by atoms with Gasteiger partial charge >= 0.3 is 6.09 Å². The van der Waals surface area contributed by atoms with Crippen molar-refractivity contribution >= 4 is 11.8 Å². The van der Waals surface area contributed by atoms with Crippen LogP contribution in [-0.4, -0.2) is 29.0 Å². The van der Waals surface area contributed by atoms with Crippen LogP contribution in [0.15, 0.2) is 24.3 Å². The molecule has 96 valence electrons.